The lowest BCUT2D eigenvalue weighted by molar-refractivity contribution is 0.0891. The SMILES string of the molecule is C1=CC2(CCN(c3cc(-c4ccccc4)ncn3)CC2)Oc2ccc(-c3ccccc3)cc21. The summed E-state index contributed by atoms with van der Waals surface area (Å²) >= 11 is 0. The van der Waals surface area contributed by atoms with E-state index in [2.05, 4.69) is 87.7 Å². The normalized spacial score (nSPS) is 16.3. The Kier molecular flexibility index (Phi) is 4.91. The van der Waals surface area contributed by atoms with Gasteiger partial charge in [-0.05, 0) is 29.3 Å². The van der Waals surface area contributed by atoms with E-state index in [0.717, 1.165) is 54.3 Å². The Labute approximate surface area is 194 Å². The van der Waals surface area contributed by atoms with Gasteiger partial charge >= 0.3 is 0 Å². The Bertz CT molecular complexity index is 1290. The van der Waals surface area contributed by atoms with Crippen molar-refractivity contribution in [3.05, 3.63) is 103 Å². The van der Waals surface area contributed by atoms with Crippen molar-refractivity contribution in [3.63, 3.8) is 0 Å². The van der Waals surface area contributed by atoms with Crippen molar-refractivity contribution < 1.29 is 4.74 Å². The second kappa shape index (κ2) is 8.21. The van der Waals surface area contributed by atoms with Gasteiger partial charge < -0.3 is 9.64 Å². The third-order valence-corrected chi connectivity index (χ3v) is 6.65. The molecule has 0 aliphatic carbocycles. The summed E-state index contributed by atoms with van der Waals surface area (Å²) in [4.78, 5) is 11.4. The van der Waals surface area contributed by atoms with Crippen molar-refractivity contribution in [3.8, 4) is 28.1 Å². The Morgan fingerprint density at radius 1 is 0.727 bits per heavy atom. The van der Waals surface area contributed by atoms with Crippen molar-refractivity contribution in [2.45, 2.75) is 18.4 Å². The number of ether oxygens (including phenoxy) is 1. The summed E-state index contributed by atoms with van der Waals surface area (Å²) in [5, 5.41) is 0. The first-order chi connectivity index (χ1) is 16.3. The maximum atomic E-state index is 6.58. The number of hydrogen-bond donors (Lipinski definition) is 0. The van der Waals surface area contributed by atoms with E-state index in [-0.39, 0.29) is 5.60 Å². The fourth-order valence-corrected chi connectivity index (χ4v) is 4.75. The maximum Gasteiger partial charge on any atom is 0.132 e. The van der Waals surface area contributed by atoms with Crippen LogP contribution in [0.1, 0.15) is 18.4 Å². The molecule has 0 radical (unpaired) electrons. The highest BCUT2D eigenvalue weighted by atomic mass is 16.5. The molecule has 0 amide bonds. The number of piperidine rings is 1. The van der Waals surface area contributed by atoms with E-state index < -0.39 is 0 Å². The monoisotopic (exact) mass is 431 g/mol. The average molecular weight is 432 g/mol. The molecule has 162 valence electrons. The van der Waals surface area contributed by atoms with Crippen LogP contribution in [0.15, 0.2) is 97.3 Å². The summed E-state index contributed by atoms with van der Waals surface area (Å²) in [5.74, 6) is 1.95. The predicted molar refractivity (Wildman–Crippen MR) is 133 cm³/mol. The Morgan fingerprint density at radius 2 is 1.45 bits per heavy atom. The summed E-state index contributed by atoms with van der Waals surface area (Å²) in [6, 6.07) is 29.3. The minimum atomic E-state index is -0.243. The van der Waals surface area contributed by atoms with Gasteiger partial charge in [0.25, 0.3) is 0 Å². The molecule has 2 aliphatic rings. The van der Waals surface area contributed by atoms with Gasteiger partial charge in [0.05, 0.1) is 5.69 Å². The Hall–Kier alpha value is -3.92. The van der Waals surface area contributed by atoms with Crippen LogP contribution in [0.4, 0.5) is 5.82 Å². The minimum absolute atomic E-state index is 0.243. The zero-order valence-electron chi connectivity index (χ0n) is 18.4. The number of aromatic nitrogens is 2. The van der Waals surface area contributed by atoms with E-state index in [1.54, 1.807) is 6.33 Å². The Morgan fingerprint density at radius 3 is 2.21 bits per heavy atom. The standard InChI is InChI=1S/C29H25N3O/c1-3-7-22(8-4-1)24-11-12-27-25(19-24)13-14-29(33-27)15-17-32(18-16-29)28-20-26(30-21-31-28)23-9-5-2-6-10-23/h1-14,19-21H,15-18H2. The zero-order chi connectivity index (χ0) is 22.1. The van der Waals surface area contributed by atoms with Crippen molar-refractivity contribution in [2.75, 3.05) is 18.0 Å². The van der Waals surface area contributed by atoms with Crippen molar-refractivity contribution in [1.82, 2.24) is 9.97 Å². The average Bonchev–Trinajstić information content (AvgIpc) is 2.90. The molecule has 4 heteroatoms. The molecule has 1 saturated heterocycles. The summed E-state index contributed by atoms with van der Waals surface area (Å²) in [7, 11) is 0. The quantitative estimate of drug-likeness (QED) is 0.384. The van der Waals surface area contributed by atoms with E-state index >= 15 is 0 Å². The van der Waals surface area contributed by atoms with E-state index in [0.29, 0.717) is 0 Å². The number of rotatable bonds is 3. The predicted octanol–water partition coefficient (Wildman–Crippen LogP) is 6.26. The summed E-state index contributed by atoms with van der Waals surface area (Å²) < 4.78 is 6.58. The minimum Gasteiger partial charge on any atom is -0.482 e. The van der Waals surface area contributed by atoms with Crippen LogP contribution in [-0.4, -0.2) is 28.7 Å². The number of hydrogen-bond acceptors (Lipinski definition) is 4. The second-order valence-electron chi connectivity index (χ2n) is 8.73. The third kappa shape index (κ3) is 3.89. The van der Waals surface area contributed by atoms with Gasteiger partial charge in [-0.2, -0.15) is 0 Å². The molecule has 0 unspecified atom stereocenters. The zero-order valence-corrected chi connectivity index (χ0v) is 18.4. The van der Waals surface area contributed by atoms with Crippen LogP contribution in [0.3, 0.4) is 0 Å². The van der Waals surface area contributed by atoms with Crippen LogP contribution < -0.4 is 9.64 Å². The van der Waals surface area contributed by atoms with E-state index in [1.807, 2.05) is 24.3 Å². The molecule has 33 heavy (non-hydrogen) atoms. The van der Waals surface area contributed by atoms with Crippen molar-refractivity contribution in [1.29, 1.82) is 0 Å². The highest BCUT2D eigenvalue weighted by molar-refractivity contribution is 5.72. The number of fused-ring (bicyclic) bond motifs is 1. The van der Waals surface area contributed by atoms with E-state index in [9.17, 15) is 0 Å². The summed E-state index contributed by atoms with van der Waals surface area (Å²) in [5.41, 5.74) is 5.41. The number of nitrogens with zero attached hydrogens (tertiary/aromatic N) is 3. The smallest absolute Gasteiger partial charge is 0.132 e. The molecule has 3 heterocycles. The van der Waals surface area contributed by atoms with Crippen LogP contribution >= 0.6 is 0 Å². The van der Waals surface area contributed by atoms with Crippen LogP contribution in [0, 0.1) is 0 Å². The first kappa shape index (κ1) is 19.7. The molecule has 0 bridgehead atoms. The molecule has 1 spiro atoms. The van der Waals surface area contributed by atoms with Crippen LogP contribution in [0.2, 0.25) is 0 Å². The highest BCUT2D eigenvalue weighted by Gasteiger charge is 2.37. The van der Waals surface area contributed by atoms with Crippen LogP contribution in [0.5, 0.6) is 5.75 Å². The van der Waals surface area contributed by atoms with Gasteiger partial charge in [-0.3, -0.25) is 0 Å². The molecular formula is C29H25N3O. The highest BCUT2D eigenvalue weighted by Crippen LogP contribution is 2.39. The number of anilines is 1. The molecule has 6 rings (SSSR count). The van der Waals surface area contributed by atoms with Crippen molar-refractivity contribution in [2.24, 2.45) is 0 Å². The molecule has 3 aromatic carbocycles. The van der Waals surface area contributed by atoms with Gasteiger partial charge in [0.15, 0.2) is 0 Å². The molecule has 2 aliphatic heterocycles. The fraction of sp³-hybridized carbons (Fsp3) is 0.172. The lowest BCUT2D eigenvalue weighted by Crippen LogP contribution is -2.48. The first-order valence-corrected chi connectivity index (χ1v) is 11.5. The molecule has 0 N–H and O–H groups in total. The van der Waals surface area contributed by atoms with Crippen LogP contribution in [-0.2, 0) is 0 Å². The molecule has 0 saturated carbocycles. The molecule has 1 fully saturated rings. The topological polar surface area (TPSA) is 38.2 Å². The van der Waals surface area contributed by atoms with Gasteiger partial charge in [-0.25, -0.2) is 9.97 Å². The Balaban J connectivity index is 1.18. The van der Waals surface area contributed by atoms with Gasteiger partial charge in [0.1, 0.15) is 23.5 Å². The fourth-order valence-electron chi connectivity index (χ4n) is 4.75. The second-order valence-corrected chi connectivity index (χ2v) is 8.73. The lowest BCUT2D eigenvalue weighted by Gasteiger charge is -2.42. The molecular weight excluding hydrogens is 406 g/mol. The number of benzene rings is 3. The largest absolute Gasteiger partial charge is 0.482 e. The molecule has 4 aromatic rings. The van der Waals surface area contributed by atoms with Gasteiger partial charge in [-0.1, -0.05) is 72.8 Å². The molecule has 1 aromatic heterocycles. The third-order valence-electron chi connectivity index (χ3n) is 6.65. The summed E-state index contributed by atoms with van der Waals surface area (Å²) in [6.45, 7) is 1.79. The van der Waals surface area contributed by atoms with Gasteiger partial charge in [0, 0.05) is 43.1 Å². The summed E-state index contributed by atoms with van der Waals surface area (Å²) in [6.07, 6.45) is 8.01. The van der Waals surface area contributed by atoms with E-state index in [1.165, 1.54) is 11.1 Å². The maximum absolute atomic E-state index is 6.58. The van der Waals surface area contributed by atoms with Gasteiger partial charge in [0.2, 0.25) is 0 Å². The van der Waals surface area contributed by atoms with Crippen molar-refractivity contribution >= 4 is 11.9 Å². The first-order valence-electron chi connectivity index (χ1n) is 11.5. The molecule has 0 atom stereocenters. The van der Waals surface area contributed by atoms with E-state index in [4.69, 9.17) is 4.74 Å². The lowest BCUT2D eigenvalue weighted by atomic mass is 9.87. The molecule has 4 nitrogen and oxygen atoms in total. The van der Waals surface area contributed by atoms with Crippen LogP contribution in [0.25, 0.3) is 28.5 Å². The van der Waals surface area contributed by atoms with Gasteiger partial charge in [-0.15, -0.1) is 0 Å².